The highest BCUT2D eigenvalue weighted by molar-refractivity contribution is 9.10. The number of halogens is 1. The average molecular weight is 635 g/mol. The Morgan fingerprint density at radius 1 is 1.00 bits per heavy atom. The Morgan fingerprint density at radius 3 is 2.38 bits per heavy atom. The first-order chi connectivity index (χ1) is 19.7. The molecule has 5 rings (SSSR count). The van der Waals surface area contributed by atoms with Gasteiger partial charge in [-0.3, -0.25) is 9.36 Å². The Labute approximate surface area is 252 Å². The number of Topliss-reactive ketones (excluding diaryl/α,β-unsaturated/α-hetero) is 1. The zero-order valence-electron chi connectivity index (χ0n) is 24.3. The van der Waals surface area contributed by atoms with E-state index in [-0.39, 0.29) is 11.1 Å². The molecule has 0 saturated heterocycles. The maximum Gasteiger partial charge on any atom is 0.419 e. The minimum Gasteiger partial charge on any atom is -0.465 e. The summed E-state index contributed by atoms with van der Waals surface area (Å²) in [5.74, 6) is -0.0619. The highest BCUT2D eigenvalue weighted by Gasteiger charge is 2.31. The van der Waals surface area contributed by atoms with Gasteiger partial charge in [0.15, 0.2) is 12.4 Å². The van der Waals surface area contributed by atoms with Crippen molar-refractivity contribution in [3.63, 3.8) is 0 Å². The van der Waals surface area contributed by atoms with E-state index in [9.17, 15) is 14.4 Å². The number of ether oxygens (including phenoxy) is 3. The zero-order chi connectivity index (χ0) is 30.4. The third-order valence-electron chi connectivity index (χ3n) is 6.71. The van der Waals surface area contributed by atoms with Crippen LogP contribution in [0.5, 0.6) is 5.75 Å². The van der Waals surface area contributed by atoms with Crippen molar-refractivity contribution < 1.29 is 28.6 Å². The lowest BCUT2D eigenvalue weighted by Gasteiger charge is -2.30. The molecule has 3 heterocycles. The maximum atomic E-state index is 13.1. The summed E-state index contributed by atoms with van der Waals surface area (Å²) in [5.41, 5.74) is 2.40. The van der Waals surface area contributed by atoms with Crippen LogP contribution in [-0.4, -0.2) is 44.2 Å². The molecule has 218 valence electrons. The van der Waals surface area contributed by atoms with Crippen molar-refractivity contribution in [1.82, 2.24) is 14.1 Å². The van der Waals surface area contributed by atoms with Crippen LogP contribution in [0.2, 0.25) is 0 Å². The Bertz CT molecular complexity index is 1670. The number of ketones is 1. The van der Waals surface area contributed by atoms with E-state index < -0.39 is 36.3 Å². The number of fused-ring (bicyclic) bond motifs is 3. The molecule has 42 heavy (non-hydrogen) atoms. The van der Waals surface area contributed by atoms with Crippen molar-refractivity contribution in [1.29, 1.82) is 0 Å². The fourth-order valence-electron chi connectivity index (χ4n) is 4.58. The molecule has 0 N–H and O–H groups in total. The topological polar surface area (TPSA) is 102 Å². The predicted molar refractivity (Wildman–Crippen MR) is 160 cm³/mol. The van der Waals surface area contributed by atoms with Gasteiger partial charge >= 0.3 is 12.1 Å². The highest BCUT2D eigenvalue weighted by atomic mass is 79.9. The number of hydrogen-bond donors (Lipinski definition) is 0. The minimum absolute atomic E-state index is 0.0108. The standard InChI is InChI=1S/C32H32BrN3O6/c1-31(2,3)21-12-9-19(10-13-21)28-36-26(33)17-34-27(36)22-14-11-20(16-25(22)41-28)24(37)18-40-29(38)23-8-7-15-35(23)30(39)42-32(4,5)6/h7-17,28H,18H2,1-6H3/t28-/m0/s1. The first-order valence-corrected chi connectivity index (χ1v) is 14.3. The van der Waals surface area contributed by atoms with Crippen LogP contribution in [0.4, 0.5) is 4.79 Å². The third-order valence-corrected chi connectivity index (χ3v) is 7.30. The summed E-state index contributed by atoms with van der Waals surface area (Å²) >= 11 is 3.59. The van der Waals surface area contributed by atoms with Gasteiger partial charge in [-0.2, -0.15) is 0 Å². The molecular formula is C32H32BrN3O6. The first-order valence-electron chi connectivity index (χ1n) is 13.5. The minimum atomic E-state index is -0.820. The van der Waals surface area contributed by atoms with Gasteiger partial charge in [-0.25, -0.2) is 19.1 Å². The summed E-state index contributed by atoms with van der Waals surface area (Å²) in [6, 6.07) is 16.3. The fourth-order valence-corrected chi connectivity index (χ4v) is 5.04. The lowest BCUT2D eigenvalue weighted by atomic mass is 9.86. The van der Waals surface area contributed by atoms with E-state index >= 15 is 0 Å². The normalized spacial score (nSPS) is 14.4. The number of carbonyl (C=O) groups is 3. The van der Waals surface area contributed by atoms with Gasteiger partial charge in [0.25, 0.3) is 0 Å². The zero-order valence-corrected chi connectivity index (χ0v) is 25.9. The van der Waals surface area contributed by atoms with Crippen LogP contribution in [0.1, 0.15) is 79.7 Å². The molecule has 10 heteroatoms. The molecule has 1 aliphatic rings. The van der Waals surface area contributed by atoms with Crippen molar-refractivity contribution in [2.24, 2.45) is 0 Å². The van der Waals surface area contributed by atoms with Gasteiger partial charge in [0, 0.05) is 17.3 Å². The monoisotopic (exact) mass is 633 g/mol. The third kappa shape index (κ3) is 5.90. The van der Waals surface area contributed by atoms with Crippen LogP contribution in [0, 0.1) is 0 Å². The van der Waals surface area contributed by atoms with Crippen molar-refractivity contribution >= 4 is 33.8 Å². The summed E-state index contributed by atoms with van der Waals surface area (Å²) in [7, 11) is 0. The van der Waals surface area contributed by atoms with E-state index in [4.69, 9.17) is 14.2 Å². The Hall–Kier alpha value is -4.18. The van der Waals surface area contributed by atoms with E-state index in [2.05, 4.69) is 53.8 Å². The van der Waals surface area contributed by atoms with Crippen LogP contribution >= 0.6 is 15.9 Å². The molecule has 0 fully saturated rings. The van der Waals surface area contributed by atoms with E-state index in [0.29, 0.717) is 17.1 Å². The van der Waals surface area contributed by atoms with E-state index in [1.165, 1.54) is 23.9 Å². The number of hydrogen-bond acceptors (Lipinski definition) is 7. The second kappa shape index (κ2) is 10.9. The van der Waals surface area contributed by atoms with E-state index in [1.807, 2.05) is 16.7 Å². The number of benzene rings is 2. The van der Waals surface area contributed by atoms with Crippen LogP contribution in [0.3, 0.4) is 0 Å². The lowest BCUT2D eigenvalue weighted by molar-refractivity contribution is 0.0425. The van der Waals surface area contributed by atoms with Gasteiger partial charge in [-0.15, -0.1) is 0 Å². The Kier molecular flexibility index (Phi) is 7.61. The number of nitrogens with zero attached hydrogens (tertiary/aromatic N) is 3. The highest BCUT2D eigenvalue weighted by Crippen LogP contribution is 2.42. The van der Waals surface area contributed by atoms with Gasteiger partial charge in [-0.1, -0.05) is 51.1 Å². The molecule has 0 aliphatic carbocycles. The van der Waals surface area contributed by atoms with Crippen molar-refractivity contribution in [3.8, 4) is 17.1 Å². The summed E-state index contributed by atoms with van der Waals surface area (Å²) in [6.07, 6.45) is 1.89. The number of esters is 1. The van der Waals surface area contributed by atoms with Crippen LogP contribution < -0.4 is 4.74 Å². The SMILES string of the molecule is CC(C)(C)OC(=O)n1cccc1C(=O)OCC(=O)c1ccc2c(c1)O[C@@H](c1ccc(C(C)(C)C)cc1)n1c(Br)cnc1-2. The van der Waals surface area contributed by atoms with Gasteiger partial charge in [0.1, 0.15) is 27.5 Å². The quantitative estimate of drug-likeness (QED) is 0.169. The Morgan fingerprint density at radius 2 is 1.71 bits per heavy atom. The van der Waals surface area contributed by atoms with Crippen LogP contribution in [0.25, 0.3) is 11.4 Å². The number of imidazole rings is 1. The van der Waals surface area contributed by atoms with Gasteiger partial charge < -0.3 is 14.2 Å². The molecule has 2 aromatic heterocycles. The lowest BCUT2D eigenvalue weighted by Crippen LogP contribution is -2.29. The second-order valence-electron chi connectivity index (χ2n) is 12.1. The molecule has 0 amide bonds. The first kappa shape index (κ1) is 29.3. The molecule has 0 radical (unpaired) electrons. The molecule has 0 bridgehead atoms. The summed E-state index contributed by atoms with van der Waals surface area (Å²) in [5, 5.41) is 0. The predicted octanol–water partition coefficient (Wildman–Crippen LogP) is 7.17. The van der Waals surface area contributed by atoms with E-state index in [0.717, 1.165) is 20.3 Å². The molecule has 0 saturated carbocycles. The van der Waals surface area contributed by atoms with Crippen LogP contribution in [0.15, 0.2) is 71.6 Å². The van der Waals surface area contributed by atoms with Crippen LogP contribution in [-0.2, 0) is 14.9 Å². The Balaban J connectivity index is 1.35. The molecule has 1 atom stereocenters. The molecule has 4 aromatic rings. The molecule has 2 aromatic carbocycles. The molecule has 0 unspecified atom stereocenters. The molecule has 0 spiro atoms. The fraction of sp³-hybridized carbons (Fsp3) is 0.312. The number of aromatic nitrogens is 3. The molecule has 1 aliphatic heterocycles. The van der Waals surface area contributed by atoms with Gasteiger partial charge in [0.05, 0.1) is 11.8 Å². The average Bonchev–Trinajstić information content (AvgIpc) is 3.57. The maximum absolute atomic E-state index is 13.1. The number of carbonyl (C=O) groups excluding carboxylic acids is 3. The van der Waals surface area contributed by atoms with Gasteiger partial charge in [-0.05, 0) is 71.9 Å². The summed E-state index contributed by atoms with van der Waals surface area (Å²) in [4.78, 5) is 42.9. The van der Waals surface area contributed by atoms with Crippen molar-refractivity contribution in [3.05, 3.63) is 94.0 Å². The molecular weight excluding hydrogens is 602 g/mol. The molecule has 9 nitrogen and oxygen atoms in total. The smallest absolute Gasteiger partial charge is 0.419 e. The summed E-state index contributed by atoms with van der Waals surface area (Å²) < 4.78 is 20.8. The largest absolute Gasteiger partial charge is 0.465 e. The number of rotatable bonds is 5. The van der Waals surface area contributed by atoms with Gasteiger partial charge in [0.2, 0.25) is 6.23 Å². The van der Waals surface area contributed by atoms with Crippen molar-refractivity contribution in [2.75, 3.05) is 6.61 Å². The van der Waals surface area contributed by atoms with E-state index in [1.54, 1.807) is 45.2 Å². The van der Waals surface area contributed by atoms with Crippen molar-refractivity contribution in [2.45, 2.75) is 58.8 Å². The second-order valence-corrected chi connectivity index (χ2v) is 12.9. The summed E-state index contributed by atoms with van der Waals surface area (Å²) in [6.45, 7) is 11.1.